The number of anilines is 1. The van der Waals surface area contributed by atoms with Crippen LogP contribution in [-0.4, -0.2) is 34.2 Å². The Morgan fingerprint density at radius 1 is 1.15 bits per heavy atom. The fraction of sp³-hybridized carbons (Fsp3) is 0.333. The second-order valence-electron chi connectivity index (χ2n) is 7.30. The van der Waals surface area contributed by atoms with Gasteiger partial charge in [0.05, 0.1) is 5.52 Å². The van der Waals surface area contributed by atoms with E-state index in [1.165, 1.54) is 11.1 Å². The van der Waals surface area contributed by atoms with Crippen molar-refractivity contribution in [1.29, 1.82) is 0 Å². The van der Waals surface area contributed by atoms with Gasteiger partial charge in [-0.05, 0) is 48.9 Å². The summed E-state index contributed by atoms with van der Waals surface area (Å²) in [4.78, 5) is 14.4. The minimum absolute atomic E-state index is 0.0620. The van der Waals surface area contributed by atoms with Crippen molar-refractivity contribution in [2.75, 3.05) is 18.4 Å². The Labute approximate surface area is 153 Å². The number of aryl methyl sites for hydroxylation is 1. The molecule has 5 nitrogen and oxygen atoms in total. The molecule has 3 aromatic rings. The molecular weight excluding hydrogens is 324 g/mol. The van der Waals surface area contributed by atoms with Crippen LogP contribution in [0.4, 0.5) is 10.6 Å². The maximum absolute atomic E-state index is 12.5. The van der Waals surface area contributed by atoms with Gasteiger partial charge in [0, 0.05) is 18.5 Å². The molecule has 0 radical (unpaired) electrons. The Morgan fingerprint density at radius 2 is 1.92 bits per heavy atom. The van der Waals surface area contributed by atoms with Gasteiger partial charge in [0.15, 0.2) is 5.82 Å². The number of rotatable bonds is 2. The van der Waals surface area contributed by atoms with Gasteiger partial charge in [0.2, 0.25) is 0 Å². The number of carbonyl (C=O) groups excluding carboxylic acids is 1. The Balaban J connectivity index is 1.55. The molecule has 0 unspecified atom stereocenters. The molecular formula is C21H24N4O. The zero-order chi connectivity index (χ0) is 18.1. The molecule has 1 aromatic heterocycles. The van der Waals surface area contributed by atoms with Gasteiger partial charge >= 0.3 is 6.03 Å². The standard InChI is InChI=1S/C21H24N4O/c1-14-8-10-25(11-9-14)21(26)22-20-18-7-6-17(13-19(18)23-24-20)16-5-3-4-15(2)12-16/h3-7,12-14H,8-11H2,1-2H3,(H2,22,23,24,26). The van der Waals surface area contributed by atoms with Crippen molar-refractivity contribution in [1.82, 2.24) is 15.1 Å². The number of piperidine rings is 1. The van der Waals surface area contributed by atoms with Crippen molar-refractivity contribution in [2.24, 2.45) is 5.92 Å². The van der Waals surface area contributed by atoms with E-state index in [1.54, 1.807) is 0 Å². The Hall–Kier alpha value is -2.82. The fourth-order valence-electron chi connectivity index (χ4n) is 3.51. The van der Waals surface area contributed by atoms with E-state index in [-0.39, 0.29) is 6.03 Å². The SMILES string of the molecule is Cc1cccc(-c2ccc3c(NC(=O)N4CCC(C)CC4)n[nH]c3c2)c1. The lowest BCUT2D eigenvalue weighted by Gasteiger charge is -2.30. The Bertz CT molecular complexity index is 938. The maximum atomic E-state index is 12.5. The van der Waals surface area contributed by atoms with Crippen LogP contribution in [0.5, 0.6) is 0 Å². The highest BCUT2D eigenvalue weighted by Crippen LogP contribution is 2.28. The molecule has 1 fully saturated rings. The van der Waals surface area contributed by atoms with Crippen molar-refractivity contribution < 1.29 is 4.79 Å². The van der Waals surface area contributed by atoms with E-state index in [0.717, 1.165) is 42.4 Å². The van der Waals surface area contributed by atoms with Crippen LogP contribution in [0.2, 0.25) is 0 Å². The number of fused-ring (bicyclic) bond motifs is 1. The first kappa shape index (κ1) is 16.6. The Morgan fingerprint density at radius 3 is 2.69 bits per heavy atom. The normalized spacial score (nSPS) is 15.4. The van der Waals surface area contributed by atoms with Crippen LogP contribution in [0.15, 0.2) is 42.5 Å². The third kappa shape index (κ3) is 3.29. The van der Waals surface area contributed by atoms with Gasteiger partial charge in [0.25, 0.3) is 0 Å². The number of benzene rings is 2. The zero-order valence-electron chi connectivity index (χ0n) is 15.2. The van der Waals surface area contributed by atoms with Crippen molar-refractivity contribution >= 4 is 22.8 Å². The van der Waals surface area contributed by atoms with E-state index in [9.17, 15) is 4.79 Å². The van der Waals surface area contributed by atoms with Gasteiger partial charge in [-0.1, -0.05) is 42.8 Å². The van der Waals surface area contributed by atoms with Gasteiger partial charge in [0.1, 0.15) is 0 Å². The summed E-state index contributed by atoms with van der Waals surface area (Å²) in [5, 5.41) is 11.3. The molecule has 2 amide bonds. The smallest absolute Gasteiger partial charge is 0.323 e. The average Bonchev–Trinajstić information content (AvgIpc) is 3.04. The summed E-state index contributed by atoms with van der Waals surface area (Å²) in [6.07, 6.45) is 2.13. The van der Waals surface area contributed by atoms with Crippen LogP contribution in [-0.2, 0) is 0 Å². The third-order valence-corrected chi connectivity index (χ3v) is 5.21. The minimum atomic E-state index is -0.0620. The molecule has 0 bridgehead atoms. The average molecular weight is 348 g/mol. The number of nitrogens with one attached hydrogen (secondary N) is 2. The molecule has 1 aliphatic rings. The summed E-state index contributed by atoms with van der Waals surface area (Å²) in [5.74, 6) is 1.30. The molecule has 134 valence electrons. The molecule has 1 saturated heterocycles. The molecule has 2 heterocycles. The molecule has 1 aliphatic heterocycles. The van der Waals surface area contributed by atoms with Crippen LogP contribution in [0, 0.1) is 12.8 Å². The lowest BCUT2D eigenvalue weighted by atomic mass is 10.00. The lowest BCUT2D eigenvalue weighted by Crippen LogP contribution is -2.40. The van der Waals surface area contributed by atoms with Crippen LogP contribution in [0.25, 0.3) is 22.0 Å². The maximum Gasteiger partial charge on any atom is 0.323 e. The highest BCUT2D eigenvalue weighted by molar-refractivity contribution is 6.00. The summed E-state index contributed by atoms with van der Waals surface area (Å²) in [5.41, 5.74) is 4.46. The molecule has 2 N–H and O–H groups in total. The highest BCUT2D eigenvalue weighted by atomic mass is 16.2. The zero-order valence-corrected chi connectivity index (χ0v) is 15.2. The molecule has 0 atom stereocenters. The number of likely N-dealkylation sites (tertiary alicyclic amines) is 1. The highest BCUT2D eigenvalue weighted by Gasteiger charge is 2.21. The van der Waals surface area contributed by atoms with Crippen molar-refractivity contribution in [2.45, 2.75) is 26.7 Å². The number of nitrogens with zero attached hydrogens (tertiary/aromatic N) is 2. The summed E-state index contributed by atoms with van der Waals surface area (Å²) < 4.78 is 0. The van der Waals surface area contributed by atoms with Gasteiger partial charge < -0.3 is 4.90 Å². The van der Waals surface area contributed by atoms with Gasteiger partial charge in [-0.15, -0.1) is 0 Å². The number of carbonyl (C=O) groups is 1. The van der Waals surface area contributed by atoms with Crippen molar-refractivity contribution in [3.63, 3.8) is 0 Å². The second kappa shape index (κ2) is 6.83. The molecule has 5 heteroatoms. The molecule has 4 rings (SSSR count). The van der Waals surface area contributed by atoms with Crippen LogP contribution >= 0.6 is 0 Å². The molecule has 2 aromatic carbocycles. The monoisotopic (exact) mass is 348 g/mol. The van der Waals surface area contributed by atoms with Gasteiger partial charge in [-0.3, -0.25) is 10.4 Å². The number of amides is 2. The number of hydrogen-bond donors (Lipinski definition) is 2. The lowest BCUT2D eigenvalue weighted by molar-refractivity contribution is 0.186. The molecule has 26 heavy (non-hydrogen) atoms. The summed E-state index contributed by atoms with van der Waals surface area (Å²) >= 11 is 0. The number of urea groups is 1. The predicted octanol–water partition coefficient (Wildman–Crippen LogP) is 4.80. The Kier molecular flexibility index (Phi) is 4.37. The minimum Gasteiger partial charge on any atom is -0.324 e. The number of H-pyrrole nitrogens is 1. The van der Waals surface area contributed by atoms with Crippen molar-refractivity contribution in [3.8, 4) is 11.1 Å². The topological polar surface area (TPSA) is 61.0 Å². The first-order valence-corrected chi connectivity index (χ1v) is 9.21. The summed E-state index contributed by atoms with van der Waals surface area (Å²) in [6.45, 7) is 5.95. The first-order chi connectivity index (χ1) is 12.6. The van der Waals surface area contributed by atoms with Crippen molar-refractivity contribution in [3.05, 3.63) is 48.0 Å². The number of hydrogen-bond acceptors (Lipinski definition) is 2. The van der Waals surface area contributed by atoms with Crippen LogP contribution in [0.3, 0.4) is 0 Å². The van der Waals surface area contributed by atoms with E-state index in [0.29, 0.717) is 11.7 Å². The molecule has 0 spiro atoms. The predicted molar refractivity (Wildman–Crippen MR) is 105 cm³/mol. The first-order valence-electron chi connectivity index (χ1n) is 9.21. The largest absolute Gasteiger partial charge is 0.324 e. The number of aromatic nitrogens is 2. The van der Waals surface area contributed by atoms with Gasteiger partial charge in [-0.2, -0.15) is 5.10 Å². The van der Waals surface area contributed by atoms with E-state index in [2.05, 4.69) is 65.8 Å². The second-order valence-corrected chi connectivity index (χ2v) is 7.30. The van der Waals surface area contributed by atoms with E-state index in [4.69, 9.17) is 0 Å². The van der Waals surface area contributed by atoms with E-state index in [1.807, 2.05) is 11.0 Å². The van der Waals surface area contributed by atoms with E-state index >= 15 is 0 Å². The summed E-state index contributed by atoms with van der Waals surface area (Å²) in [7, 11) is 0. The van der Waals surface area contributed by atoms with Gasteiger partial charge in [-0.25, -0.2) is 4.79 Å². The molecule has 0 aliphatic carbocycles. The number of aromatic amines is 1. The molecule has 0 saturated carbocycles. The quantitative estimate of drug-likeness (QED) is 0.698. The van der Waals surface area contributed by atoms with Crippen LogP contribution < -0.4 is 5.32 Å². The van der Waals surface area contributed by atoms with Crippen LogP contribution in [0.1, 0.15) is 25.3 Å². The third-order valence-electron chi connectivity index (χ3n) is 5.21. The van der Waals surface area contributed by atoms with E-state index < -0.39 is 0 Å². The summed E-state index contributed by atoms with van der Waals surface area (Å²) in [6, 6.07) is 14.5. The fourth-order valence-corrected chi connectivity index (χ4v) is 3.51.